The van der Waals surface area contributed by atoms with E-state index in [9.17, 15) is 39.9 Å². The molecule has 1 aromatic heterocycles. The zero-order chi connectivity index (χ0) is 20.3. The van der Waals surface area contributed by atoms with E-state index < -0.39 is 43.9 Å². The lowest BCUT2D eigenvalue weighted by Gasteiger charge is -2.49. The first-order chi connectivity index (χ1) is 12.4. The van der Waals surface area contributed by atoms with E-state index >= 15 is 0 Å². The maximum atomic E-state index is 11.6. The molecule has 0 spiro atoms. The number of aromatic nitrogens is 1. The van der Waals surface area contributed by atoms with Crippen LogP contribution in [-0.4, -0.2) is 70.8 Å². The monoisotopic (exact) mass is 487 g/mol. The molecule has 0 saturated heterocycles. The molecule has 0 bridgehead atoms. The van der Waals surface area contributed by atoms with E-state index in [1.807, 2.05) is 0 Å². The lowest BCUT2D eigenvalue weighted by Crippen LogP contribution is -2.69. The van der Waals surface area contributed by atoms with Crippen molar-refractivity contribution in [2.45, 2.75) is 36.1 Å². The molecule has 1 aromatic carbocycles. The Labute approximate surface area is 165 Å². The van der Waals surface area contributed by atoms with Gasteiger partial charge in [0.25, 0.3) is 0 Å². The Morgan fingerprint density at radius 1 is 1.07 bits per heavy atom. The van der Waals surface area contributed by atoms with Crippen LogP contribution >= 0.6 is 35.4 Å². The van der Waals surface area contributed by atoms with Crippen LogP contribution in [0.25, 0.3) is 10.9 Å². The van der Waals surface area contributed by atoms with Crippen molar-refractivity contribution >= 4 is 46.3 Å². The minimum Gasteiger partial charge on any atom is -0.387 e. The Bertz CT molecular complexity index is 901. The van der Waals surface area contributed by atoms with Gasteiger partial charge in [-0.15, -0.1) is 0 Å². The second-order valence-corrected chi connectivity index (χ2v) is 8.62. The van der Waals surface area contributed by atoms with Crippen molar-refractivity contribution < 1.29 is 44.4 Å². The normalized spacial score (nSPS) is 34.9. The minimum atomic E-state index is -5.39. The molecule has 27 heavy (non-hydrogen) atoms. The smallest absolute Gasteiger partial charge is 0.387 e. The van der Waals surface area contributed by atoms with Crippen LogP contribution in [0.4, 0.5) is 0 Å². The standard InChI is InChI=1S/C14H16BrClNO9P/c15-5-1-2-6-7(8(5)16)4(3-17-6)14(26-27(23,24)25)12(21)10(19)9(18)11(20)13(14)22/h1-3,9-13,17-22H,(H2,23,24,25)/t9?,10-,11+,12-,13-,14?/m0/s1. The molecule has 1 fully saturated rings. The molecule has 2 unspecified atom stereocenters. The summed E-state index contributed by atoms with van der Waals surface area (Å²) >= 11 is 9.47. The number of aliphatic hydroxyl groups is 5. The maximum Gasteiger partial charge on any atom is 0.470 e. The van der Waals surface area contributed by atoms with Crippen LogP contribution in [0.5, 0.6) is 0 Å². The van der Waals surface area contributed by atoms with Crippen LogP contribution < -0.4 is 0 Å². The first kappa shape index (κ1) is 21.2. The number of halogens is 2. The first-order valence-electron chi connectivity index (χ1n) is 7.54. The van der Waals surface area contributed by atoms with E-state index in [0.717, 1.165) is 0 Å². The summed E-state index contributed by atoms with van der Waals surface area (Å²) in [6, 6.07) is 3.14. The Hall–Kier alpha value is -0.560. The fourth-order valence-electron chi connectivity index (χ4n) is 3.39. The third kappa shape index (κ3) is 3.26. The number of nitrogens with one attached hydrogen (secondary N) is 1. The highest BCUT2D eigenvalue weighted by Gasteiger charge is 2.63. The molecule has 6 atom stereocenters. The molecule has 13 heteroatoms. The fourth-order valence-corrected chi connectivity index (χ4v) is 4.70. The number of rotatable bonds is 3. The predicted octanol–water partition coefficient (Wildman–Crippen LogP) is -0.293. The van der Waals surface area contributed by atoms with E-state index in [1.165, 1.54) is 6.20 Å². The fraction of sp³-hybridized carbons (Fsp3) is 0.429. The van der Waals surface area contributed by atoms with Gasteiger partial charge in [0.15, 0.2) is 5.60 Å². The Kier molecular flexibility index (Phi) is 5.52. The second kappa shape index (κ2) is 7.05. The summed E-state index contributed by atoms with van der Waals surface area (Å²) in [4.78, 5) is 21.5. The number of H-pyrrole nitrogens is 1. The lowest BCUT2D eigenvalue weighted by atomic mass is 9.71. The van der Waals surface area contributed by atoms with Gasteiger partial charge >= 0.3 is 7.82 Å². The van der Waals surface area contributed by atoms with Crippen LogP contribution in [0.15, 0.2) is 22.8 Å². The predicted molar refractivity (Wildman–Crippen MR) is 95.8 cm³/mol. The molecule has 1 saturated carbocycles. The Balaban J connectivity index is 2.36. The van der Waals surface area contributed by atoms with Crippen molar-refractivity contribution in [1.29, 1.82) is 0 Å². The summed E-state index contributed by atoms with van der Waals surface area (Å²) in [5.41, 5.74) is -2.57. The van der Waals surface area contributed by atoms with Gasteiger partial charge in [-0.2, -0.15) is 0 Å². The highest BCUT2D eigenvalue weighted by Crippen LogP contribution is 2.54. The number of phosphoric ester groups is 1. The minimum absolute atomic E-state index is 0.0620. The zero-order valence-corrected chi connectivity index (χ0v) is 16.5. The van der Waals surface area contributed by atoms with Gasteiger partial charge in [-0.25, -0.2) is 4.57 Å². The summed E-state index contributed by atoms with van der Waals surface area (Å²) < 4.78 is 16.8. The number of hydrogen-bond donors (Lipinski definition) is 8. The van der Waals surface area contributed by atoms with Crippen molar-refractivity contribution in [3.63, 3.8) is 0 Å². The van der Waals surface area contributed by atoms with Crippen molar-refractivity contribution in [2.24, 2.45) is 0 Å². The molecule has 0 amide bonds. The van der Waals surface area contributed by atoms with Crippen LogP contribution in [0.2, 0.25) is 5.02 Å². The van der Waals surface area contributed by atoms with Gasteiger partial charge in [-0.1, -0.05) is 11.6 Å². The van der Waals surface area contributed by atoms with Crippen LogP contribution in [-0.2, 0) is 14.7 Å². The molecule has 10 nitrogen and oxygen atoms in total. The van der Waals surface area contributed by atoms with Gasteiger partial charge in [-0.05, 0) is 28.1 Å². The van der Waals surface area contributed by atoms with Gasteiger partial charge in [0, 0.05) is 27.1 Å². The molecule has 3 rings (SSSR count). The zero-order valence-electron chi connectivity index (χ0n) is 13.3. The van der Waals surface area contributed by atoms with E-state index in [-0.39, 0.29) is 16.0 Å². The molecule has 2 aromatic rings. The molecule has 0 aliphatic heterocycles. The Morgan fingerprint density at radius 3 is 2.15 bits per heavy atom. The third-order valence-corrected chi connectivity index (χ3v) is 6.47. The number of fused-ring (bicyclic) bond motifs is 1. The van der Waals surface area contributed by atoms with E-state index in [0.29, 0.717) is 9.99 Å². The van der Waals surface area contributed by atoms with Gasteiger partial charge in [0.1, 0.15) is 30.5 Å². The highest BCUT2D eigenvalue weighted by molar-refractivity contribution is 9.10. The summed E-state index contributed by atoms with van der Waals surface area (Å²) in [6.45, 7) is 0. The van der Waals surface area contributed by atoms with Gasteiger partial charge in [-0.3, -0.25) is 4.52 Å². The van der Waals surface area contributed by atoms with Gasteiger partial charge in [0.05, 0.1) is 5.02 Å². The molecule has 150 valence electrons. The van der Waals surface area contributed by atoms with Crippen LogP contribution in [0.3, 0.4) is 0 Å². The Morgan fingerprint density at radius 2 is 1.63 bits per heavy atom. The molecule has 8 N–H and O–H groups in total. The summed E-state index contributed by atoms with van der Waals surface area (Å²) in [5, 5.41) is 51.4. The average Bonchev–Trinajstić information content (AvgIpc) is 3.03. The van der Waals surface area contributed by atoms with Crippen molar-refractivity contribution in [2.75, 3.05) is 0 Å². The molecule has 0 radical (unpaired) electrons. The van der Waals surface area contributed by atoms with Crippen molar-refractivity contribution in [3.05, 3.63) is 33.4 Å². The summed E-state index contributed by atoms with van der Waals surface area (Å²) in [7, 11) is -5.39. The SMILES string of the molecule is O=P(O)(O)OC1(c2c[nH]c3ccc(Br)c(Cl)c23)[C@@H](O)[C@H](O)C(O)[C@H](O)[C@@H]1O. The van der Waals surface area contributed by atoms with Crippen LogP contribution in [0.1, 0.15) is 5.56 Å². The average molecular weight is 489 g/mol. The highest BCUT2D eigenvalue weighted by atomic mass is 79.9. The lowest BCUT2D eigenvalue weighted by molar-refractivity contribution is -0.266. The first-order valence-corrected chi connectivity index (χ1v) is 10.2. The van der Waals surface area contributed by atoms with E-state index in [2.05, 4.69) is 20.9 Å². The van der Waals surface area contributed by atoms with Crippen molar-refractivity contribution in [1.82, 2.24) is 4.98 Å². The number of phosphoric acid groups is 1. The molecule has 1 aliphatic carbocycles. The number of benzene rings is 1. The molecule has 1 heterocycles. The van der Waals surface area contributed by atoms with Gasteiger partial charge < -0.3 is 40.3 Å². The summed E-state index contributed by atoms with van der Waals surface area (Å²) in [5.74, 6) is 0. The van der Waals surface area contributed by atoms with Gasteiger partial charge in [0.2, 0.25) is 0 Å². The molecular weight excluding hydrogens is 472 g/mol. The molecular formula is C14H16BrClNO9P. The largest absolute Gasteiger partial charge is 0.470 e. The number of aliphatic hydroxyl groups excluding tert-OH is 5. The van der Waals surface area contributed by atoms with Crippen molar-refractivity contribution in [3.8, 4) is 0 Å². The number of aromatic amines is 1. The third-order valence-electron chi connectivity index (χ3n) is 4.65. The van der Waals surface area contributed by atoms with E-state index in [1.54, 1.807) is 12.1 Å². The van der Waals surface area contributed by atoms with Crippen LogP contribution in [0, 0.1) is 0 Å². The quantitative estimate of drug-likeness (QED) is 0.269. The van der Waals surface area contributed by atoms with E-state index in [4.69, 9.17) is 16.1 Å². The summed E-state index contributed by atoms with van der Waals surface area (Å²) in [6.07, 6.45) is -9.46. The topological polar surface area (TPSA) is 184 Å². The maximum absolute atomic E-state index is 11.6. The molecule has 1 aliphatic rings. The second-order valence-electron chi connectivity index (χ2n) is 6.22. The number of hydrogen-bond acceptors (Lipinski definition) is 7.